The van der Waals surface area contributed by atoms with Gasteiger partial charge in [-0.1, -0.05) is 30.3 Å². The van der Waals surface area contributed by atoms with Crippen molar-refractivity contribution in [2.75, 3.05) is 24.3 Å². The lowest BCUT2D eigenvalue weighted by atomic mass is 10.1. The number of amides is 3. The molecule has 34 heavy (non-hydrogen) atoms. The van der Waals surface area contributed by atoms with Crippen molar-refractivity contribution >= 4 is 34.1 Å². The second kappa shape index (κ2) is 10.7. The van der Waals surface area contributed by atoms with E-state index < -0.39 is 6.03 Å². The number of rotatable bonds is 7. The van der Waals surface area contributed by atoms with Gasteiger partial charge in [-0.05, 0) is 32.0 Å². The molecule has 0 unspecified atom stereocenters. The fourth-order valence-corrected chi connectivity index (χ4v) is 4.94. The maximum Gasteiger partial charge on any atom is 0.325 e. The number of nitrogens with zero attached hydrogens (tertiary/aromatic N) is 2. The third kappa shape index (κ3) is 5.73. The molecule has 4 rings (SSSR count). The van der Waals surface area contributed by atoms with Crippen molar-refractivity contribution < 1.29 is 14.3 Å². The Morgan fingerprint density at radius 1 is 1.12 bits per heavy atom. The number of hydrogen-bond donors (Lipinski definition) is 3. The van der Waals surface area contributed by atoms with Crippen LogP contribution in [0.4, 0.5) is 15.6 Å². The van der Waals surface area contributed by atoms with Crippen molar-refractivity contribution in [2.45, 2.75) is 39.4 Å². The summed E-state index contributed by atoms with van der Waals surface area (Å²) in [5.74, 6) is 0.657. The van der Waals surface area contributed by atoms with E-state index >= 15 is 0 Å². The van der Waals surface area contributed by atoms with E-state index in [2.05, 4.69) is 31.9 Å². The van der Waals surface area contributed by atoms with Gasteiger partial charge >= 0.3 is 6.03 Å². The van der Waals surface area contributed by atoms with E-state index in [-0.39, 0.29) is 11.9 Å². The average Bonchev–Trinajstić information content (AvgIpc) is 3.20. The Labute approximate surface area is 203 Å². The molecule has 3 aromatic rings. The molecule has 0 atom stereocenters. The van der Waals surface area contributed by atoms with Crippen molar-refractivity contribution in [3.63, 3.8) is 0 Å². The lowest BCUT2D eigenvalue weighted by Crippen LogP contribution is -2.31. The summed E-state index contributed by atoms with van der Waals surface area (Å²) < 4.78 is 5.48. The number of ether oxygens (including phenoxy) is 1. The van der Waals surface area contributed by atoms with E-state index in [0.29, 0.717) is 16.4 Å². The van der Waals surface area contributed by atoms with Crippen LogP contribution in [0.1, 0.15) is 40.3 Å². The first-order valence-corrected chi connectivity index (χ1v) is 12.0. The minimum Gasteiger partial charge on any atom is -0.496 e. The number of fused-ring (bicyclic) bond motifs is 1. The predicted molar refractivity (Wildman–Crippen MR) is 135 cm³/mol. The molecule has 0 saturated heterocycles. The largest absolute Gasteiger partial charge is 0.496 e. The summed E-state index contributed by atoms with van der Waals surface area (Å²) in [6, 6.07) is 14.6. The van der Waals surface area contributed by atoms with Crippen LogP contribution in [0.25, 0.3) is 0 Å². The second-order valence-corrected chi connectivity index (χ2v) is 9.50. The van der Waals surface area contributed by atoms with Gasteiger partial charge in [-0.3, -0.25) is 15.0 Å². The van der Waals surface area contributed by atoms with Crippen molar-refractivity contribution in [3.8, 4) is 5.75 Å². The third-order valence-electron chi connectivity index (χ3n) is 5.46. The highest BCUT2D eigenvalue weighted by Gasteiger charge is 2.22. The number of urea groups is 1. The Bertz CT molecular complexity index is 1180. The number of thiazole rings is 1. The second-order valence-electron chi connectivity index (χ2n) is 8.41. The van der Waals surface area contributed by atoms with E-state index in [0.717, 1.165) is 47.9 Å². The third-order valence-corrected chi connectivity index (χ3v) is 6.45. The number of anilines is 2. The molecule has 0 saturated carbocycles. The number of benzene rings is 2. The highest BCUT2D eigenvalue weighted by Crippen LogP contribution is 2.30. The van der Waals surface area contributed by atoms with Gasteiger partial charge in [-0.25, -0.2) is 9.78 Å². The molecule has 9 heteroatoms. The van der Waals surface area contributed by atoms with Gasteiger partial charge in [0.2, 0.25) is 0 Å². The lowest BCUT2D eigenvalue weighted by molar-refractivity contribution is 0.0944. The Hall–Kier alpha value is -3.43. The molecule has 1 aromatic heterocycles. The Balaban J connectivity index is 1.39. The standard InChI is InChI=1S/C25H29N5O3S/c1-16(2)26-23(31)18-9-5-6-10-19(18)27-24(32)29-25-28-20-12-13-30(15-22(20)34-25)14-17-8-4-7-11-21(17)33-3/h4-11,16H,12-15H2,1-3H3,(H,26,31)(H2,27,28,29,32). The van der Waals surface area contributed by atoms with E-state index in [1.54, 1.807) is 31.4 Å². The quantitative estimate of drug-likeness (QED) is 0.464. The van der Waals surface area contributed by atoms with Crippen molar-refractivity contribution in [2.24, 2.45) is 0 Å². The molecule has 3 amide bonds. The number of carbonyl (C=O) groups excluding carboxylic acids is 2. The Morgan fingerprint density at radius 2 is 1.88 bits per heavy atom. The van der Waals surface area contributed by atoms with Crippen LogP contribution in [0.2, 0.25) is 0 Å². The molecule has 178 valence electrons. The molecule has 0 radical (unpaired) electrons. The molecular formula is C25H29N5O3S. The monoisotopic (exact) mass is 479 g/mol. The SMILES string of the molecule is COc1ccccc1CN1CCc2nc(NC(=O)Nc3ccccc3C(=O)NC(C)C)sc2C1. The van der Waals surface area contributed by atoms with Crippen LogP contribution in [-0.4, -0.2) is 41.5 Å². The first-order chi connectivity index (χ1) is 16.4. The first kappa shape index (κ1) is 23.7. The van der Waals surface area contributed by atoms with Crippen molar-refractivity contribution in [1.29, 1.82) is 0 Å². The highest BCUT2D eigenvalue weighted by molar-refractivity contribution is 7.15. The zero-order chi connectivity index (χ0) is 24.1. The van der Waals surface area contributed by atoms with E-state index in [4.69, 9.17) is 4.74 Å². The molecule has 1 aliphatic rings. The number of para-hydroxylation sites is 2. The van der Waals surface area contributed by atoms with Crippen LogP contribution in [-0.2, 0) is 19.5 Å². The zero-order valence-electron chi connectivity index (χ0n) is 19.6. The zero-order valence-corrected chi connectivity index (χ0v) is 20.4. The van der Waals surface area contributed by atoms with Crippen LogP contribution in [0.3, 0.4) is 0 Å². The van der Waals surface area contributed by atoms with Gasteiger partial charge in [0, 0.05) is 42.5 Å². The van der Waals surface area contributed by atoms with E-state index in [1.807, 2.05) is 32.0 Å². The van der Waals surface area contributed by atoms with Gasteiger partial charge in [0.15, 0.2) is 5.13 Å². The molecule has 2 heterocycles. The molecule has 0 spiro atoms. The molecule has 2 aromatic carbocycles. The number of hydrogen-bond acceptors (Lipinski definition) is 6. The molecule has 0 aliphatic carbocycles. The topological polar surface area (TPSA) is 95.6 Å². The first-order valence-electron chi connectivity index (χ1n) is 11.2. The van der Waals surface area contributed by atoms with Crippen molar-refractivity contribution in [3.05, 3.63) is 70.2 Å². The lowest BCUT2D eigenvalue weighted by Gasteiger charge is -2.26. The summed E-state index contributed by atoms with van der Waals surface area (Å²) in [7, 11) is 1.69. The summed E-state index contributed by atoms with van der Waals surface area (Å²) in [6.07, 6.45) is 0.822. The maximum atomic E-state index is 12.7. The Kier molecular flexibility index (Phi) is 7.44. The number of nitrogens with one attached hydrogen (secondary N) is 3. The summed E-state index contributed by atoms with van der Waals surface area (Å²) in [6.45, 7) is 6.23. The van der Waals surface area contributed by atoms with Gasteiger partial charge < -0.3 is 15.4 Å². The van der Waals surface area contributed by atoms with Crippen molar-refractivity contribution in [1.82, 2.24) is 15.2 Å². The molecule has 8 nitrogen and oxygen atoms in total. The van der Waals surface area contributed by atoms with Gasteiger partial charge in [0.1, 0.15) is 5.75 Å². The van der Waals surface area contributed by atoms with E-state index in [9.17, 15) is 9.59 Å². The van der Waals surface area contributed by atoms with Gasteiger partial charge in [0.25, 0.3) is 5.91 Å². The highest BCUT2D eigenvalue weighted by atomic mass is 32.1. The molecule has 0 fully saturated rings. The predicted octanol–water partition coefficient (Wildman–Crippen LogP) is 4.49. The normalized spacial score (nSPS) is 13.3. The summed E-state index contributed by atoms with van der Waals surface area (Å²) in [5.41, 5.74) is 3.03. The minimum atomic E-state index is -0.429. The van der Waals surface area contributed by atoms with Crippen LogP contribution < -0.4 is 20.7 Å². The smallest absolute Gasteiger partial charge is 0.325 e. The average molecular weight is 480 g/mol. The van der Waals surface area contributed by atoms with Crippen LogP contribution in [0.15, 0.2) is 48.5 Å². The van der Waals surface area contributed by atoms with Crippen LogP contribution >= 0.6 is 11.3 Å². The fraction of sp³-hybridized carbons (Fsp3) is 0.320. The summed E-state index contributed by atoms with van der Waals surface area (Å²) >= 11 is 1.48. The Morgan fingerprint density at radius 3 is 2.68 bits per heavy atom. The van der Waals surface area contributed by atoms with E-state index in [1.165, 1.54) is 11.3 Å². The van der Waals surface area contributed by atoms with Gasteiger partial charge in [0.05, 0.1) is 24.1 Å². The number of methoxy groups -OCH3 is 1. The van der Waals surface area contributed by atoms with Crippen LogP contribution in [0, 0.1) is 0 Å². The number of carbonyl (C=O) groups is 2. The summed E-state index contributed by atoms with van der Waals surface area (Å²) in [5, 5.41) is 9.00. The minimum absolute atomic E-state index is 0.00133. The molecule has 3 N–H and O–H groups in total. The number of aromatic nitrogens is 1. The van der Waals surface area contributed by atoms with Gasteiger partial charge in [-0.2, -0.15) is 0 Å². The molecule has 1 aliphatic heterocycles. The van der Waals surface area contributed by atoms with Gasteiger partial charge in [-0.15, -0.1) is 11.3 Å². The molecule has 0 bridgehead atoms. The fourth-order valence-electron chi connectivity index (χ4n) is 3.89. The maximum absolute atomic E-state index is 12.7. The molecular weight excluding hydrogens is 450 g/mol. The van der Waals surface area contributed by atoms with Crippen LogP contribution in [0.5, 0.6) is 5.75 Å². The summed E-state index contributed by atoms with van der Waals surface area (Å²) in [4.78, 5) is 33.2.